The minimum absolute atomic E-state index is 0.0179. The van der Waals surface area contributed by atoms with E-state index in [0.717, 1.165) is 63.7 Å². The van der Waals surface area contributed by atoms with Crippen molar-refractivity contribution in [3.05, 3.63) is 59.2 Å². The maximum Gasteiger partial charge on any atom is 0.253 e. The topological polar surface area (TPSA) is 61.4 Å². The number of hydrogen-bond donors (Lipinski definition) is 2. The smallest absolute Gasteiger partial charge is 0.253 e. The summed E-state index contributed by atoms with van der Waals surface area (Å²) in [5, 5.41) is 6.11. The molecule has 2 aromatic rings. The molecule has 0 atom stereocenters. The zero-order chi connectivity index (χ0) is 21.6. The Bertz CT molecular complexity index is 936. The zero-order valence-corrected chi connectivity index (χ0v) is 18.5. The van der Waals surface area contributed by atoms with Gasteiger partial charge in [-0.2, -0.15) is 0 Å². The van der Waals surface area contributed by atoms with Gasteiger partial charge in [0.2, 0.25) is 5.91 Å². The van der Waals surface area contributed by atoms with E-state index in [4.69, 9.17) is 0 Å². The standard InChI is InChI=1S/C26H33N3O2/c1-2-3-4-5-10-25(30)27-22-13-14-24(23(17-22)26(31)28-21-11-12-21)29-16-15-19-8-6-7-9-20(19)18-29/h6-9,13-14,17,21H,2-5,10-12,15-16,18H2,1H3,(H,27,30)(H,28,31). The van der Waals surface area contributed by atoms with Gasteiger partial charge in [0.05, 0.1) is 5.56 Å². The first-order valence-corrected chi connectivity index (χ1v) is 11.7. The fourth-order valence-corrected chi connectivity index (χ4v) is 4.20. The molecule has 1 saturated carbocycles. The molecule has 0 radical (unpaired) electrons. The van der Waals surface area contributed by atoms with E-state index in [2.05, 4.69) is 46.7 Å². The van der Waals surface area contributed by atoms with Crippen molar-refractivity contribution >= 4 is 23.2 Å². The number of hydrogen-bond acceptors (Lipinski definition) is 3. The molecule has 31 heavy (non-hydrogen) atoms. The molecule has 0 unspecified atom stereocenters. The van der Waals surface area contributed by atoms with Crippen molar-refractivity contribution in [1.29, 1.82) is 0 Å². The molecule has 0 aromatic heterocycles. The van der Waals surface area contributed by atoms with Gasteiger partial charge < -0.3 is 15.5 Å². The van der Waals surface area contributed by atoms with Crippen LogP contribution in [-0.2, 0) is 17.8 Å². The molecule has 0 saturated heterocycles. The molecule has 5 heteroatoms. The second-order valence-corrected chi connectivity index (χ2v) is 8.78. The summed E-state index contributed by atoms with van der Waals surface area (Å²) < 4.78 is 0. The lowest BCUT2D eigenvalue weighted by molar-refractivity contribution is -0.116. The molecule has 4 rings (SSSR count). The number of anilines is 2. The minimum Gasteiger partial charge on any atom is -0.366 e. The molecule has 0 bridgehead atoms. The van der Waals surface area contributed by atoms with E-state index in [1.165, 1.54) is 11.1 Å². The Morgan fingerprint density at radius 3 is 2.61 bits per heavy atom. The number of benzene rings is 2. The number of carbonyl (C=O) groups excluding carboxylic acids is 2. The fraction of sp³-hybridized carbons (Fsp3) is 0.462. The quantitative estimate of drug-likeness (QED) is 0.559. The van der Waals surface area contributed by atoms with Crippen LogP contribution in [0.5, 0.6) is 0 Å². The van der Waals surface area contributed by atoms with E-state index in [-0.39, 0.29) is 11.8 Å². The summed E-state index contributed by atoms with van der Waals surface area (Å²) in [4.78, 5) is 27.7. The summed E-state index contributed by atoms with van der Waals surface area (Å²) in [6, 6.07) is 14.6. The van der Waals surface area contributed by atoms with Crippen LogP contribution in [0.3, 0.4) is 0 Å². The molecule has 0 spiro atoms. The van der Waals surface area contributed by atoms with E-state index in [1.54, 1.807) is 0 Å². The van der Waals surface area contributed by atoms with Crippen molar-refractivity contribution < 1.29 is 9.59 Å². The van der Waals surface area contributed by atoms with Crippen molar-refractivity contribution in [1.82, 2.24) is 5.32 Å². The number of nitrogens with zero attached hydrogens (tertiary/aromatic N) is 1. The first-order valence-electron chi connectivity index (χ1n) is 11.7. The SMILES string of the molecule is CCCCCCC(=O)Nc1ccc(N2CCc3ccccc3C2)c(C(=O)NC2CC2)c1. The van der Waals surface area contributed by atoms with Gasteiger partial charge in [0, 0.05) is 36.9 Å². The lowest BCUT2D eigenvalue weighted by Crippen LogP contribution is -2.33. The van der Waals surface area contributed by atoms with Gasteiger partial charge in [-0.25, -0.2) is 0 Å². The minimum atomic E-state index is -0.0459. The van der Waals surface area contributed by atoms with Crippen LogP contribution in [-0.4, -0.2) is 24.4 Å². The predicted molar refractivity (Wildman–Crippen MR) is 126 cm³/mol. The van der Waals surface area contributed by atoms with Gasteiger partial charge in [-0.15, -0.1) is 0 Å². The normalized spacial score (nSPS) is 15.3. The third kappa shape index (κ3) is 5.66. The monoisotopic (exact) mass is 419 g/mol. The van der Waals surface area contributed by atoms with E-state index >= 15 is 0 Å². The van der Waals surface area contributed by atoms with Crippen molar-refractivity contribution in [2.75, 3.05) is 16.8 Å². The maximum atomic E-state index is 13.0. The predicted octanol–water partition coefficient (Wildman–Crippen LogP) is 5.05. The maximum absolute atomic E-state index is 13.0. The highest BCUT2D eigenvalue weighted by Gasteiger charge is 2.27. The third-order valence-corrected chi connectivity index (χ3v) is 6.17. The van der Waals surface area contributed by atoms with E-state index < -0.39 is 0 Å². The number of unbranched alkanes of at least 4 members (excludes halogenated alkanes) is 3. The highest BCUT2D eigenvalue weighted by Crippen LogP contribution is 2.30. The summed E-state index contributed by atoms with van der Waals surface area (Å²) >= 11 is 0. The summed E-state index contributed by atoms with van der Waals surface area (Å²) in [6.45, 7) is 3.84. The number of fused-ring (bicyclic) bond motifs is 1. The van der Waals surface area contributed by atoms with E-state index in [1.807, 2.05) is 18.2 Å². The Hall–Kier alpha value is -2.82. The van der Waals surface area contributed by atoms with Crippen molar-refractivity contribution in [2.24, 2.45) is 0 Å². The molecule has 1 heterocycles. The van der Waals surface area contributed by atoms with Gasteiger partial charge in [-0.3, -0.25) is 9.59 Å². The van der Waals surface area contributed by atoms with Crippen LogP contribution in [0.15, 0.2) is 42.5 Å². The van der Waals surface area contributed by atoms with Gasteiger partial charge in [-0.05, 0) is 55.0 Å². The Labute approximate surface area is 185 Å². The lowest BCUT2D eigenvalue weighted by atomic mass is 9.98. The summed E-state index contributed by atoms with van der Waals surface area (Å²) in [7, 11) is 0. The van der Waals surface area contributed by atoms with Gasteiger partial charge >= 0.3 is 0 Å². The Morgan fingerprint density at radius 1 is 1.03 bits per heavy atom. The van der Waals surface area contributed by atoms with Gasteiger partial charge in [-0.1, -0.05) is 50.5 Å². The van der Waals surface area contributed by atoms with Crippen LogP contribution in [0.1, 0.15) is 73.4 Å². The Kier molecular flexibility index (Phi) is 6.90. The van der Waals surface area contributed by atoms with Crippen molar-refractivity contribution in [2.45, 2.75) is 70.9 Å². The van der Waals surface area contributed by atoms with Crippen molar-refractivity contribution in [3.63, 3.8) is 0 Å². The Balaban J connectivity index is 1.51. The first kappa shape index (κ1) is 21.4. The van der Waals surface area contributed by atoms with Gasteiger partial charge in [0.15, 0.2) is 0 Å². The molecule has 2 amide bonds. The van der Waals surface area contributed by atoms with Crippen LogP contribution in [0.25, 0.3) is 0 Å². The number of nitrogens with one attached hydrogen (secondary N) is 2. The molecule has 1 aliphatic carbocycles. The lowest BCUT2D eigenvalue weighted by Gasteiger charge is -2.32. The van der Waals surface area contributed by atoms with E-state index in [0.29, 0.717) is 23.7 Å². The average Bonchev–Trinajstić information content (AvgIpc) is 3.60. The zero-order valence-electron chi connectivity index (χ0n) is 18.5. The first-order chi connectivity index (χ1) is 15.1. The molecular formula is C26H33N3O2. The molecule has 2 aromatic carbocycles. The molecule has 1 aliphatic heterocycles. The highest BCUT2D eigenvalue weighted by molar-refractivity contribution is 6.02. The third-order valence-electron chi connectivity index (χ3n) is 6.17. The summed E-state index contributed by atoms with van der Waals surface area (Å²) in [6.07, 6.45) is 7.88. The summed E-state index contributed by atoms with van der Waals surface area (Å²) in [5.74, 6) is -0.0280. The number of carbonyl (C=O) groups is 2. The molecule has 1 fully saturated rings. The van der Waals surface area contributed by atoms with Gasteiger partial charge in [0.25, 0.3) is 5.91 Å². The largest absolute Gasteiger partial charge is 0.366 e. The fourth-order valence-electron chi connectivity index (χ4n) is 4.20. The van der Waals surface area contributed by atoms with Gasteiger partial charge in [0.1, 0.15) is 0 Å². The number of amides is 2. The molecule has 2 N–H and O–H groups in total. The highest BCUT2D eigenvalue weighted by atomic mass is 16.2. The molecular weight excluding hydrogens is 386 g/mol. The van der Waals surface area contributed by atoms with Crippen LogP contribution in [0.4, 0.5) is 11.4 Å². The van der Waals surface area contributed by atoms with Crippen LogP contribution >= 0.6 is 0 Å². The second-order valence-electron chi connectivity index (χ2n) is 8.78. The number of rotatable bonds is 9. The van der Waals surface area contributed by atoms with E-state index in [9.17, 15) is 9.59 Å². The van der Waals surface area contributed by atoms with Crippen LogP contribution in [0, 0.1) is 0 Å². The summed E-state index contributed by atoms with van der Waals surface area (Å²) in [5.41, 5.74) is 4.98. The van der Waals surface area contributed by atoms with Crippen molar-refractivity contribution in [3.8, 4) is 0 Å². The average molecular weight is 420 g/mol. The van der Waals surface area contributed by atoms with Crippen LogP contribution < -0.4 is 15.5 Å². The molecule has 5 nitrogen and oxygen atoms in total. The second kappa shape index (κ2) is 9.99. The molecule has 2 aliphatic rings. The molecule has 164 valence electrons. The van der Waals surface area contributed by atoms with Crippen LogP contribution in [0.2, 0.25) is 0 Å². The Morgan fingerprint density at radius 2 is 1.84 bits per heavy atom.